The van der Waals surface area contributed by atoms with Crippen LogP contribution in [0.1, 0.15) is 11.1 Å². The highest BCUT2D eigenvalue weighted by molar-refractivity contribution is 9.09. The zero-order chi connectivity index (χ0) is 21.7. The molecule has 0 aliphatic heterocycles. The second kappa shape index (κ2) is 9.28. The van der Waals surface area contributed by atoms with Gasteiger partial charge in [0.15, 0.2) is 5.13 Å². The zero-order valence-corrected chi connectivity index (χ0v) is 17.7. The van der Waals surface area contributed by atoms with E-state index in [1.165, 1.54) is 12.1 Å². The highest BCUT2D eigenvalue weighted by Gasteiger charge is 2.32. The number of carbonyl (C=O) groups is 1. The number of alkyl halides is 4. The lowest BCUT2D eigenvalue weighted by molar-refractivity contribution is -0.137. The molecule has 0 saturated carbocycles. The highest BCUT2D eigenvalue weighted by Crippen LogP contribution is 2.36. The highest BCUT2D eigenvalue weighted by atomic mass is 79.9. The number of hydrogen-bond donors (Lipinski definition) is 1. The first-order chi connectivity index (χ1) is 14.3. The standard InChI is InChI=1S/C20H14BrF3N4OS/c21-7-8-26-18(29)28(16-6-2-5-15(10-16)20(22,23)24)19-27-17(12-30-19)14-4-1-3-13(9-14)11-25/h1-6,9-10,12H,7-8H2,(H,26,29). The molecule has 0 aliphatic rings. The van der Waals surface area contributed by atoms with Crippen LogP contribution in [0.4, 0.5) is 28.8 Å². The molecule has 30 heavy (non-hydrogen) atoms. The van der Waals surface area contributed by atoms with Crippen molar-refractivity contribution in [3.8, 4) is 17.3 Å². The average molecular weight is 495 g/mol. The summed E-state index contributed by atoms with van der Waals surface area (Å²) in [6.07, 6.45) is -4.54. The number of nitrogens with one attached hydrogen (secondary N) is 1. The summed E-state index contributed by atoms with van der Waals surface area (Å²) in [6.45, 7) is 0.288. The molecule has 0 unspecified atom stereocenters. The summed E-state index contributed by atoms with van der Waals surface area (Å²) in [7, 11) is 0. The second-order valence-electron chi connectivity index (χ2n) is 6.01. The maximum absolute atomic E-state index is 13.2. The van der Waals surface area contributed by atoms with E-state index in [1.807, 2.05) is 6.07 Å². The smallest absolute Gasteiger partial charge is 0.336 e. The van der Waals surface area contributed by atoms with Crippen molar-refractivity contribution in [1.29, 1.82) is 5.26 Å². The van der Waals surface area contributed by atoms with E-state index < -0.39 is 17.8 Å². The minimum atomic E-state index is -4.54. The Morgan fingerprint density at radius 1 is 1.23 bits per heavy atom. The number of hydrogen-bond acceptors (Lipinski definition) is 4. The van der Waals surface area contributed by atoms with Gasteiger partial charge in [0.1, 0.15) is 0 Å². The van der Waals surface area contributed by atoms with Gasteiger partial charge < -0.3 is 5.32 Å². The lowest BCUT2D eigenvalue weighted by Gasteiger charge is -2.21. The Morgan fingerprint density at radius 3 is 2.70 bits per heavy atom. The lowest BCUT2D eigenvalue weighted by Crippen LogP contribution is -2.37. The van der Waals surface area contributed by atoms with Gasteiger partial charge in [-0.25, -0.2) is 14.7 Å². The van der Waals surface area contributed by atoms with Gasteiger partial charge in [-0.1, -0.05) is 34.1 Å². The number of thiazole rings is 1. The van der Waals surface area contributed by atoms with E-state index in [-0.39, 0.29) is 17.4 Å². The number of amides is 2. The molecule has 0 aliphatic carbocycles. The number of halogens is 4. The third kappa shape index (κ3) is 4.98. The van der Waals surface area contributed by atoms with Crippen LogP contribution < -0.4 is 10.2 Å². The van der Waals surface area contributed by atoms with Gasteiger partial charge >= 0.3 is 12.2 Å². The van der Waals surface area contributed by atoms with Gasteiger partial charge in [0.05, 0.1) is 28.6 Å². The quantitative estimate of drug-likeness (QED) is 0.446. The molecular weight excluding hydrogens is 481 g/mol. The van der Waals surface area contributed by atoms with Crippen LogP contribution >= 0.6 is 27.3 Å². The molecule has 0 fully saturated rings. The number of benzene rings is 2. The van der Waals surface area contributed by atoms with Crippen molar-refractivity contribution in [3.63, 3.8) is 0 Å². The minimum Gasteiger partial charge on any atom is -0.336 e. The fraction of sp³-hybridized carbons (Fsp3) is 0.150. The molecule has 3 rings (SSSR count). The van der Waals surface area contributed by atoms with Crippen molar-refractivity contribution in [2.24, 2.45) is 0 Å². The van der Waals surface area contributed by atoms with E-state index in [4.69, 9.17) is 5.26 Å². The molecule has 0 radical (unpaired) electrons. The van der Waals surface area contributed by atoms with Crippen molar-refractivity contribution in [2.45, 2.75) is 6.18 Å². The Hall–Kier alpha value is -2.90. The fourth-order valence-electron chi connectivity index (χ4n) is 2.62. The fourth-order valence-corrected chi connectivity index (χ4v) is 3.67. The average Bonchev–Trinajstić information content (AvgIpc) is 3.21. The van der Waals surface area contributed by atoms with Crippen molar-refractivity contribution >= 4 is 44.1 Å². The van der Waals surface area contributed by atoms with Gasteiger partial charge in [-0.2, -0.15) is 18.4 Å². The van der Waals surface area contributed by atoms with Crippen LogP contribution in [0, 0.1) is 11.3 Å². The van der Waals surface area contributed by atoms with Crippen molar-refractivity contribution < 1.29 is 18.0 Å². The molecule has 0 spiro atoms. The Bertz CT molecular complexity index is 1090. The van der Waals surface area contributed by atoms with Crippen molar-refractivity contribution in [3.05, 3.63) is 65.0 Å². The van der Waals surface area contributed by atoms with Crippen molar-refractivity contribution in [2.75, 3.05) is 16.8 Å². The first-order valence-corrected chi connectivity index (χ1v) is 10.6. The Balaban J connectivity index is 2.03. The van der Waals surface area contributed by atoms with E-state index in [1.54, 1.807) is 29.6 Å². The third-order valence-corrected chi connectivity index (χ3v) is 5.20. The van der Waals surface area contributed by atoms with Gasteiger partial charge in [-0.05, 0) is 30.3 Å². The maximum Gasteiger partial charge on any atom is 0.416 e. The van der Waals surface area contributed by atoms with Gasteiger partial charge in [0.2, 0.25) is 0 Å². The van der Waals surface area contributed by atoms with Gasteiger partial charge in [-0.3, -0.25) is 0 Å². The summed E-state index contributed by atoms with van der Waals surface area (Å²) in [5, 5.41) is 14.1. The predicted octanol–water partition coefficient (Wildman–Crippen LogP) is 5.94. The number of rotatable bonds is 5. The van der Waals surface area contributed by atoms with Gasteiger partial charge in [0.25, 0.3) is 0 Å². The topological polar surface area (TPSA) is 69.0 Å². The van der Waals surface area contributed by atoms with Gasteiger partial charge in [0, 0.05) is 22.8 Å². The van der Waals surface area contributed by atoms with E-state index in [0.29, 0.717) is 22.2 Å². The number of aromatic nitrogens is 1. The minimum absolute atomic E-state index is 0.0450. The van der Waals surface area contributed by atoms with E-state index >= 15 is 0 Å². The largest absolute Gasteiger partial charge is 0.416 e. The van der Waals surface area contributed by atoms with E-state index in [0.717, 1.165) is 28.4 Å². The van der Waals surface area contributed by atoms with Crippen molar-refractivity contribution in [1.82, 2.24) is 10.3 Å². The third-order valence-electron chi connectivity index (χ3n) is 3.98. The number of carbonyl (C=O) groups excluding carboxylic acids is 1. The number of urea groups is 1. The molecule has 0 atom stereocenters. The summed E-state index contributed by atoms with van der Waals surface area (Å²) in [5.74, 6) is 0. The van der Waals surface area contributed by atoms with Gasteiger partial charge in [-0.15, -0.1) is 11.3 Å². The van der Waals surface area contributed by atoms with Crippen LogP contribution in [0.25, 0.3) is 11.3 Å². The molecule has 1 heterocycles. The number of nitriles is 1. The summed E-state index contributed by atoms with van der Waals surface area (Å²) < 4.78 is 39.5. The summed E-state index contributed by atoms with van der Waals surface area (Å²) in [4.78, 5) is 18.3. The van der Waals surface area contributed by atoms with E-state index in [9.17, 15) is 18.0 Å². The van der Waals surface area contributed by atoms with Crippen LogP contribution in [-0.2, 0) is 6.18 Å². The summed E-state index contributed by atoms with van der Waals surface area (Å²) in [5.41, 5.74) is 0.811. The lowest BCUT2D eigenvalue weighted by atomic mass is 10.1. The summed E-state index contributed by atoms with van der Waals surface area (Å²) in [6, 6.07) is 12.7. The molecule has 10 heteroatoms. The Kier molecular flexibility index (Phi) is 6.74. The SMILES string of the molecule is N#Cc1cccc(-c2csc(N(C(=O)NCCBr)c3cccc(C(F)(F)F)c3)n2)c1. The molecule has 154 valence electrons. The summed E-state index contributed by atoms with van der Waals surface area (Å²) >= 11 is 4.32. The van der Waals surface area contributed by atoms with E-state index in [2.05, 4.69) is 26.2 Å². The number of nitrogens with zero attached hydrogens (tertiary/aromatic N) is 3. The molecule has 0 bridgehead atoms. The van der Waals surface area contributed by atoms with Crippen LogP contribution in [0.2, 0.25) is 0 Å². The van der Waals surface area contributed by atoms with Crippen LogP contribution in [0.15, 0.2) is 53.9 Å². The predicted molar refractivity (Wildman–Crippen MR) is 113 cm³/mol. The van der Waals surface area contributed by atoms with Crippen LogP contribution in [0.5, 0.6) is 0 Å². The molecular formula is C20H14BrF3N4OS. The second-order valence-corrected chi connectivity index (χ2v) is 7.64. The molecule has 2 aromatic carbocycles. The number of anilines is 2. The first kappa shape index (κ1) is 21.8. The molecule has 1 aromatic heterocycles. The molecule has 5 nitrogen and oxygen atoms in total. The molecule has 1 N–H and O–H groups in total. The Labute approximate surface area is 182 Å². The maximum atomic E-state index is 13.2. The van der Waals surface area contributed by atoms with Crippen LogP contribution in [0.3, 0.4) is 0 Å². The molecule has 3 aromatic rings. The molecule has 0 saturated heterocycles. The molecule has 2 amide bonds. The van der Waals surface area contributed by atoms with Crippen LogP contribution in [-0.4, -0.2) is 22.9 Å². The first-order valence-electron chi connectivity index (χ1n) is 8.60. The zero-order valence-electron chi connectivity index (χ0n) is 15.3. The normalized spacial score (nSPS) is 11.0. The Morgan fingerprint density at radius 2 is 2.00 bits per heavy atom. The monoisotopic (exact) mass is 494 g/mol.